The number of carboxylic acids is 1. The van der Waals surface area contributed by atoms with Crippen LogP contribution in [-0.4, -0.2) is 48.7 Å². The van der Waals surface area contributed by atoms with Gasteiger partial charge in [0.1, 0.15) is 5.41 Å². The largest absolute Gasteiger partial charge is 0.481 e. The van der Waals surface area contributed by atoms with Crippen LogP contribution in [0.3, 0.4) is 0 Å². The van der Waals surface area contributed by atoms with Crippen molar-refractivity contribution in [2.24, 2.45) is 5.41 Å². The van der Waals surface area contributed by atoms with Gasteiger partial charge in [-0.1, -0.05) is 20.3 Å². The van der Waals surface area contributed by atoms with E-state index >= 15 is 0 Å². The molecule has 2 rings (SSSR count). The minimum atomic E-state index is -0.971. The molecule has 0 spiro atoms. The van der Waals surface area contributed by atoms with E-state index in [1.54, 1.807) is 16.2 Å². The lowest BCUT2D eigenvalue weighted by atomic mass is 9.88. The van der Waals surface area contributed by atoms with Crippen LogP contribution in [-0.2, 0) is 22.4 Å². The standard InChI is InChI=1S/C17H25NO4S/c1-4-6-13-12(5-2)9-14(23-13)15(19)18-8-7-17(10-18,11-22-3)16(20)21/h9H,4-8,10-11H2,1-3H3,(H,20,21). The summed E-state index contributed by atoms with van der Waals surface area (Å²) in [5.74, 6) is -0.937. The van der Waals surface area contributed by atoms with E-state index in [-0.39, 0.29) is 19.1 Å². The van der Waals surface area contributed by atoms with Crippen molar-refractivity contribution in [1.82, 2.24) is 4.90 Å². The van der Waals surface area contributed by atoms with E-state index in [9.17, 15) is 14.7 Å². The number of carboxylic acid groups (broad SMARTS) is 1. The number of thiophene rings is 1. The molecule has 0 aromatic carbocycles. The number of amides is 1. The highest BCUT2D eigenvalue weighted by Gasteiger charge is 2.46. The van der Waals surface area contributed by atoms with Gasteiger partial charge in [0.15, 0.2) is 0 Å². The molecule has 1 saturated heterocycles. The molecule has 1 aliphatic heterocycles. The maximum absolute atomic E-state index is 12.7. The van der Waals surface area contributed by atoms with Gasteiger partial charge in [-0.05, 0) is 30.9 Å². The molecule has 6 heteroatoms. The van der Waals surface area contributed by atoms with Crippen LogP contribution in [0.1, 0.15) is 46.8 Å². The van der Waals surface area contributed by atoms with Gasteiger partial charge in [0, 0.05) is 25.1 Å². The van der Waals surface area contributed by atoms with Crippen molar-refractivity contribution in [3.05, 3.63) is 21.4 Å². The molecule has 1 aromatic rings. The smallest absolute Gasteiger partial charge is 0.313 e. The number of ether oxygens (including phenoxy) is 1. The highest BCUT2D eigenvalue weighted by atomic mass is 32.1. The van der Waals surface area contributed by atoms with Crippen molar-refractivity contribution < 1.29 is 19.4 Å². The van der Waals surface area contributed by atoms with Crippen molar-refractivity contribution in [1.29, 1.82) is 0 Å². The van der Waals surface area contributed by atoms with Gasteiger partial charge in [0.05, 0.1) is 11.5 Å². The van der Waals surface area contributed by atoms with Gasteiger partial charge in [-0.3, -0.25) is 9.59 Å². The van der Waals surface area contributed by atoms with Crippen LogP contribution in [0.5, 0.6) is 0 Å². The molecule has 0 bridgehead atoms. The van der Waals surface area contributed by atoms with Crippen molar-refractivity contribution in [2.75, 3.05) is 26.8 Å². The topological polar surface area (TPSA) is 66.8 Å². The first kappa shape index (κ1) is 17.9. The van der Waals surface area contributed by atoms with Crippen molar-refractivity contribution >= 4 is 23.2 Å². The Balaban J connectivity index is 2.17. The van der Waals surface area contributed by atoms with Crippen LogP contribution >= 0.6 is 11.3 Å². The van der Waals surface area contributed by atoms with Gasteiger partial charge in [-0.2, -0.15) is 0 Å². The lowest BCUT2D eigenvalue weighted by Crippen LogP contribution is -2.40. The first-order chi connectivity index (χ1) is 11.0. The SMILES string of the molecule is CCCc1sc(C(=O)N2CCC(COC)(C(=O)O)C2)cc1CC. The summed E-state index contributed by atoms with van der Waals surface area (Å²) in [7, 11) is 1.50. The predicted molar refractivity (Wildman–Crippen MR) is 90.2 cm³/mol. The van der Waals surface area contributed by atoms with E-state index in [1.807, 2.05) is 6.07 Å². The third-order valence-corrected chi connectivity index (χ3v) is 5.71. The van der Waals surface area contributed by atoms with Crippen LogP contribution in [0, 0.1) is 5.41 Å². The number of nitrogens with zero attached hydrogens (tertiary/aromatic N) is 1. The van der Waals surface area contributed by atoms with Crippen LogP contribution < -0.4 is 0 Å². The van der Waals surface area contributed by atoms with E-state index in [0.29, 0.717) is 13.0 Å². The summed E-state index contributed by atoms with van der Waals surface area (Å²) in [6.07, 6.45) is 3.41. The molecule has 1 fully saturated rings. The van der Waals surface area contributed by atoms with Crippen LogP contribution in [0.15, 0.2) is 6.07 Å². The van der Waals surface area contributed by atoms with Gasteiger partial charge in [0.2, 0.25) is 0 Å². The second kappa shape index (κ2) is 7.45. The Hall–Kier alpha value is -1.40. The normalized spacial score (nSPS) is 20.9. The molecule has 1 aromatic heterocycles. The van der Waals surface area contributed by atoms with Crippen LogP contribution in [0.2, 0.25) is 0 Å². The summed E-state index contributed by atoms with van der Waals surface area (Å²) in [6, 6.07) is 1.98. The molecule has 1 unspecified atom stereocenters. The molecular weight excluding hydrogens is 314 g/mol. The molecule has 1 amide bonds. The van der Waals surface area contributed by atoms with Gasteiger partial charge in [-0.25, -0.2) is 0 Å². The van der Waals surface area contributed by atoms with Crippen molar-refractivity contribution in [2.45, 2.75) is 39.5 Å². The summed E-state index contributed by atoms with van der Waals surface area (Å²) in [5, 5.41) is 9.51. The van der Waals surface area contributed by atoms with Gasteiger partial charge in [-0.15, -0.1) is 11.3 Å². The molecule has 0 saturated carbocycles. The second-order valence-electron chi connectivity index (χ2n) is 6.16. The monoisotopic (exact) mass is 339 g/mol. The molecule has 1 atom stereocenters. The Bertz CT molecular complexity index is 583. The highest BCUT2D eigenvalue weighted by Crippen LogP contribution is 2.34. The number of rotatable bonds is 7. The average Bonchev–Trinajstić information content (AvgIpc) is 3.12. The minimum absolute atomic E-state index is 0.0497. The Kier molecular flexibility index (Phi) is 5.81. The average molecular weight is 339 g/mol. The highest BCUT2D eigenvalue weighted by molar-refractivity contribution is 7.14. The zero-order valence-corrected chi connectivity index (χ0v) is 14.9. The minimum Gasteiger partial charge on any atom is -0.481 e. The van der Waals surface area contributed by atoms with E-state index < -0.39 is 11.4 Å². The number of carbonyl (C=O) groups is 2. The van der Waals surface area contributed by atoms with E-state index in [4.69, 9.17) is 4.74 Å². The maximum atomic E-state index is 12.7. The number of carbonyl (C=O) groups excluding carboxylic acids is 1. The Morgan fingerprint density at radius 2 is 2.17 bits per heavy atom. The summed E-state index contributed by atoms with van der Waals surface area (Å²) >= 11 is 1.56. The summed E-state index contributed by atoms with van der Waals surface area (Å²) in [4.78, 5) is 28.0. The number of hydrogen-bond acceptors (Lipinski definition) is 4. The molecule has 23 heavy (non-hydrogen) atoms. The Morgan fingerprint density at radius 1 is 1.43 bits per heavy atom. The summed E-state index contributed by atoms with van der Waals surface area (Å²) < 4.78 is 5.08. The number of aliphatic carboxylic acids is 1. The third-order valence-electron chi connectivity index (χ3n) is 4.48. The van der Waals surface area contributed by atoms with Gasteiger partial charge in [0.25, 0.3) is 5.91 Å². The number of likely N-dealkylation sites (tertiary alicyclic amines) is 1. The van der Waals surface area contributed by atoms with Crippen LogP contribution in [0.4, 0.5) is 0 Å². The van der Waals surface area contributed by atoms with E-state index in [0.717, 1.165) is 24.1 Å². The molecule has 5 nitrogen and oxygen atoms in total. The lowest BCUT2D eigenvalue weighted by molar-refractivity contribution is -0.151. The fraction of sp³-hybridized carbons (Fsp3) is 0.647. The predicted octanol–water partition coefficient (Wildman–Crippen LogP) is 2.83. The molecule has 128 valence electrons. The second-order valence-corrected chi connectivity index (χ2v) is 7.29. The van der Waals surface area contributed by atoms with Crippen molar-refractivity contribution in [3.63, 3.8) is 0 Å². The molecule has 0 aliphatic carbocycles. The lowest BCUT2D eigenvalue weighted by Gasteiger charge is -2.23. The van der Waals surface area contributed by atoms with Crippen LogP contribution in [0.25, 0.3) is 0 Å². The van der Waals surface area contributed by atoms with Gasteiger partial charge >= 0.3 is 5.97 Å². The zero-order valence-electron chi connectivity index (χ0n) is 14.1. The number of methoxy groups -OCH3 is 1. The van der Waals surface area contributed by atoms with Crippen molar-refractivity contribution in [3.8, 4) is 0 Å². The molecule has 0 radical (unpaired) electrons. The fourth-order valence-corrected chi connectivity index (χ4v) is 4.47. The first-order valence-electron chi connectivity index (χ1n) is 8.10. The molecular formula is C17H25NO4S. The number of aryl methyl sites for hydroxylation is 2. The van der Waals surface area contributed by atoms with E-state index in [1.165, 1.54) is 17.6 Å². The first-order valence-corrected chi connectivity index (χ1v) is 8.92. The fourth-order valence-electron chi connectivity index (χ4n) is 3.14. The third kappa shape index (κ3) is 3.58. The quantitative estimate of drug-likeness (QED) is 0.829. The molecule has 1 N–H and O–H groups in total. The molecule has 2 heterocycles. The van der Waals surface area contributed by atoms with E-state index in [2.05, 4.69) is 13.8 Å². The van der Waals surface area contributed by atoms with Gasteiger partial charge < -0.3 is 14.7 Å². The maximum Gasteiger partial charge on any atom is 0.313 e. The Labute approximate surface area is 141 Å². The number of hydrogen-bond donors (Lipinski definition) is 1. The summed E-state index contributed by atoms with van der Waals surface area (Å²) in [5.41, 5.74) is 0.266. The zero-order chi connectivity index (χ0) is 17.0. The molecule has 1 aliphatic rings. The Morgan fingerprint density at radius 3 is 2.74 bits per heavy atom. The summed E-state index contributed by atoms with van der Waals surface area (Å²) in [6.45, 7) is 5.05.